The lowest BCUT2D eigenvalue weighted by Crippen LogP contribution is -2.10. The molecule has 0 aliphatic heterocycles. The molecular formula is C14H6F4N2O. The van der Waals surface area contributed by atoms with E-state index in [2.05, 4.69) is 10.9 Å². The van der Waals surface area contributed by atoms with Gasteiger partial charge in [-0.3, -0.25) is 4.79 Å². The van der Waals surface area contributed by atoms with E-state index in [1.54, 1.807) is 0 Å². The zero-order valence-corrected chi connectivity index (χ0v) is 10.3. The number of amides is 1. The van der Waals surface area contributed by atoms with Crippen LogP contribution in [0.2, 0.25) is 0 Å². The van der Waals surface area contributed by atoms with Gasteiger partial charge in [0.05, 0.1) is 0 Å². The van der Waals surface area contributed by atoms with Gasteiger partial charge in [0.1, 0.15) is 5.56 Å². The molecule has 106 valence electrons. The lowest BCUT2D eigenvalue weighted by Gasteiger charge is -1.99. The van der Waals surface area contributed by atoms with Crippen molar-refractivity contribution >= 4 is 5.91 Å². The van der Waals surface area contributed by atoms with Crippen molar-refractivity contribution in [2.24, 2.45) is 5.73 Å². The second-order valence-electron chi connectivity index (χ2n) is 3.89. The van der Waals surface area contributed by atoms with Crippen molar-refractivity contribution in [3.63, 3.8) is 0 Å². The molecule has 21 heavy (non-hydrogen) atoms. The van der Waals surface area contributed by atoms with E-state index >= 15 is 0 Å². The molecule has 7 heteroatoms. The van der Waals surface area contributed by atoms with Crippen LogP contribution in [0.15, 0.2) is 24.3 Å². The van der Waals surface area contributed by atoms with E-state index in [1.165, 1.54) is 24.3 Å². The minimum absolute atomic E-state index is 0.221. The van der Waals surface area contributed by atoms with E-state index in [-0.39, 0.29) is 11.1 Å². The predicted molar refractivity (Wildman–Crippen MR) is 65.0 cm³/mol. The molecule has 0 fully saturated rings. The lowest BCUT2D eigenvalue weighted by molar-refractivity contribution is 0.100. The summed E-state index contributed by atoms with van der Waals surface area (Å²) in [4.78, 5) is 13.3. The Bertz CT molecular complexity index is 750. The molecule has 0 bridgehead atoms. The fourth-order valence-corrected chi connectivity index (χ4v) is 1.45. The summed E-state index contributed by atoms with van der Waals surface area (Å²) in [6.45, 7) is 0. The first kappa shape index (κ1) is 14.5. The fourth-order valence-electron chi connectivity index (χ4n) is 1.45. The van der Waals surface area contributed by atoms with Crippen molar-refractivity contribution in [3.05, 3.63) is 64.5 Å². The number of carbonyl (C=O) groups excluding carboxylic acids is 1. The minimum Gasteiger partial charge on any atom is -0.366 e. The van der Waals surface area contributed by atoms with Crippen LogP contribution in [0.5, 0.6) is 0 Å². The molecule has 1 heterocycles. The van der Waals surface area contributed by atoms with Gasteiger partial charge in [-0.1, -0.05) is 11.8 Å². The van der Waals surface area contributed by atoms with Crippen LogP contribution in [0.4, 0.5) is 17.6 Å². The average molecular weight is 294 g/mol. The summed E-state index contributed by atoms with van der Waals surface area (Å²) in [5.74, 6) is -3.23. The monoisotopic (exact) mass is 294 g/mol. The molecule has 1 aromatic heterocycles. The summed E-state index contributed by atoms with van der Waals surface area (Å²) < 4.78 is 52.4. The van der Waals surface area contributed by atoms with Gasteiger partial charge in [0, 0.05) is 11.1 Å². The summed E-state index contributed by atoms with van der Waals surface area (Å²) in [6, 6.07) is 5.45. The molecule has 0 aliphatic rings. The van der Waals surface area contributed by atoms with Crippen LogP contribution in [-0.4, -0.2) is 10.9 Å². The number of pyridine rings is 1. The van der Waals surface area contributed by atoms with Gasteiger partial charge in [-0.25, -0.2) is 8.78 Å². The highest BCUT2D eigenvalue weighted by Crippen LogP contribution is 2.15. The summed E-state index contributed by atoms with van der Waals surface area (Å²) in [7, 11) is 0. The van der Waals surface area contributed by atoms with Gasteiger partial charge in [-0.05, 0) is 24.3 Å². The van der Waals surface area contributed by atoms with E-state index in [0.717, 1.165) is 0 Å². The normalized spacial score (nSPS) is 9.90. The first-order valence-corrected chi connectivity index (χ1v) is 5.52. The average Bonchev–Trinajstić information content (AvgIpc) is 2.45. The topological polar surface area (TPSA) is 56.0 Å². The molecular weight excluding hydrogens is 288 g/mol. The van der Waals surface area contributed by atoms with Crippen LogP contribution in [-0.2, 0) is 0 Å². The molecule has 2 rings (SSSR count). The van der Waals surface area contributed by atoms with Crippen molar-refractivity contribution in [1.82, 2.24) is 4.98 Å². The Morgan fingerprint density at radius 3 is 1.95 bits per heavy atom. The summed E-state index contributed by atoms with van der Waals surface area (Å²) >= 11 is 0. The van der Waals surface area contributed by atoms with E-state index in [0.29, 0.717) is 0 Å². The largest absolute Gasteiger partial charge is 0.366 e. The van der Waals surface area contributed by atoms with Crippen LogP contribution in [0.3, 0.4) is 0 Å². The molecule has 3 nitrogen and oxygen atoms in total. The van der Waals surface area contributed by atoms with Crippen molar-refractivity contribution < 1.29 is 22.4 Å². The molecule has 0 atom stereocenters. The number of primary amides is 1. The second kappa shape index (κ2) is 5.63. The third kappa shape index (κ3) is 3.00. The van der Waals surface area contributed by atoms with Gasteiger partial charge < -0.3 is 5.73 Å². The molecule has 2 aromatic rings. The van der Waals surface area contributed by atoms with Crippen molar-refractivity contribution in [2.75, 3.05) is 0 Å². The van der Waals surface area contributed by atoms with E-state index in [1.807, 2.05) is 5.92 Å². The van der Waals surface area contributed by atoms with Gasteiger partial charge in [-0.2, -0.15) is 13.8 Å². The van der Waals surface area contributed by atoms with Crippen LogP contribution < -0.4 is 5.73 Å². The van der Waals surface area contributed by atoms with Gasteiger partial charge >= 0.3 is 0 Å². The molecule has 0 unspecified atom stereocenters. The lowest BCUT2D eigenvalue weighted by atomic mass is 10.1. The van der Waals surface area contributed by atoms with Gasteiger partial charge in [0.2, 0.25) is 5.91 Å². The summed E-state index contributed by atoms with van der Waals surface area (Å²) in [5.41, 5.74) is 4.48. The number of nitrogens with two attached hydrogens (primary N) is 1. The molecule has 0 radical (unpaired) electrons. The van der Waals surface area contributed by atoms with Crippen molar-refractivity contribution in [1.29, 1.82) is 0 Å². The zero-order valence-electron chi connectivity index (χ0n) is 10.3. The highest BCUT2D eigenvalue weighted by Gasteiger charge is 2.19. The summed E-state index contributed by atoms with van der Waals surface area (Å²) in [6.07, 6.45) is 0. The third-order valence-electron chi connectivity index (χ3n) is 2.50. The maximum absolute atomic E-state index is 13.3. The maximum Gasteiger partial charge on any atom is 0.253 e. The molecule has 0 spiro atoms. The number of benzene rings is 1. The number of rotatable bonds is 1. The van der Waals surface area contributed by atoms with Crippen LogP contribution in [0.25, 0.3) is 0 Å². The van der Waals surface area contributed by atoms with Crippen LogP contribution in [0, 0.1) is 35.4 Å². The van der Waals surface area contributed by atoms with Gasteiger partial charge in [0.15, 0.2) is 11.6 Å². The zero-order chi connectivity index (χ0) is 15.6. The Morgan fingerprint density at radius 1 is 0.952 bits per heavy atom. The third-order valence-corrected chi connectivity index (χ3v) is 2.50. The predicted octanol–water partition coefficient (Wildman–Crippen LogP) is 2.14. The number of hydrogen-bond acceptors (Lipinski definition) is 2. The minimum atomic E-state index is -1.78. The Morgan fingerprint density at radius 2 is 1.48 bits per heavy atom. The Kier molecular flexibility index (Phi) is 3.89. The highest BCUT2D eigenvalue weighted by atomic mass is 19.2. The fraction of sp³-hybridized carbons (Fsp3) is 0. The van der Waals surface area contributed by atoms with Crippen LogP contribution >= 0.6 is 0 Å². The van der Waals surface area contributed by atoms with E-state index < -0.39 is 35.0 Å². The maximum atomic E-state index is 13.3. The Hall–Kier alpha value is -2.88. The molecule has 0 aliphatic carbocycles. The molecule has 1 amide bonds. The van der Waals surface area contributed by atoms with Crippen molar-refractivity contribution in [2.45, 2.75) is 0 Å². The Labute approximate surface area is 116 Å². The van der Waals surface area contributed by atoms with E-state index in [9.17, 15) is 22.4 Å². The Balaban J connectivity index is 2.42. The standard InChI is InChI=1S/C14H6F4N2O/c15-10-9(11(16)13(18)20-12(10)17)6-3-7-1-4-8(5-2-7)14(19)21/h1-2,4-5H,(H2,19,21). The molecule has 1 aromatic carbocycles. The van der Waals surface area contributed by atoms with Gasteiger partial charge in [0.25, 0.3) is 11.9 Å². The van der Waals surface area contributed by atoms with Gasteiger partial charge in [-0.15, -0.1) is 0 Å². The SMILES string of the molecule is NC(=O)c1ccc(C#Cc2c(F)c(F)nc(F)c2F)cc1. The number of halogens is 4. The highest BCUT2D eigenvalue weighted by molar-refractivity contribution is 5.92. The quantitative estimate of drug-likeness (QED) is 0.497. The number of carbonyl (C=O) groups is 1. The smallest absolute Gasteiger partial charge is 0.253 e. The summed E-state index contributed by atoms with van der Waals surface area (Å²) in [5, 5.41) is 0. The van der Waals surface area contributed by atoms with E-state index in [4.69, 9.17) is 5.73 Å². The molecule has 2 N–H and O–H groups in total. The number of hydrogen-bond donors (Lipinski definition) is 1. The first-order valence-electron chi connectivity index (χ1n) is 5.52. The second-order valence-corrected chi connectivity index (χ2v) is 3.89. The number of aromatic nitrogens is 1. The first-order chi connectivity index (χ1) is 9.90. The molecule has 0 saturated carbocycles. The number of nitrogens with zero attached hydrogens (tertiary/aromatic N) is 1. The molecule has 0 saturated heterocycles. The van der Waals surface area contributed by atoms with Crippen LogP contribution in [0.1, 0.15) is 21.5 Å². The van der Waals surface area contributed by atoms with Crippen molar-refractivity contribution in [3.8, 4) is 11.8 Å².